The fourth-order valence-electron chi connectivity index (χ4n) is 6.08. The molecule has 1 amide bonds. The van der Waals surface area contributed by atoms with Crippen molar-refractivity contribution in [2.45, 2.75) is 69.9 Å². The standard InChI is InChI=1S/C29H35N3O5S2/c1-36-27(35)29-15-19(29)10-6-4-2-3-5-9-18(13-25(30)38)26(34)32-17-20(14-22(32)23(33)16-29)37-28-31-21-11-7-8-12-24(21)39-28/h6-8,10-12,18-20,22H,2-5,9,13-17H2,1H3,(H2,30,38)/b10-6-/t18-,19-,20-,22+,29-/m1/s1. The van der Waals surface area contributed by atoms with Crippen LogP contribution in [0.3, 0.4) is 0 Å². The van der Waals surface area contributed by atoms with Crippen molar-refractivity contribution >= 4 is 56.4 Å². The Labute approximate surface area is 237 Å². The van der Waals surface area contributed by atoms with Crippen molar-refractivity contribution in [2.24, 2.45) is 23.0 Å². The molecule has 5 atom stereocenters. The molecule has 1 aromatic carbocycles. The van der Waals surface area contributed by atoms with Gasteiger partial charge >= 0.3 is 5.97 Å². The number of amides is 1. The highest BCUT2D eigenvalue weighted by molar-refractivity contribution is 7.80. The Kier molecular flexibility index (Phi) is 8.32. The lowest BCUT2D eigenvalue weighted by molar-refractivity contribution is -0.150. The summed E-state index contributed by atoms with van der Waals surface area (Å²) < 4.78 is 12.4. The topological polar surface area (TPSA) is 112 Å². The number of rotatable bonds is 5. The third kappa shape index (κ3) is 6.01. The van der Waals surface area contributed by atoms with Gasteiger partial charge < -0.3 is 20.1 Å². The lowest BCUT2D eigenvalue weighted by Gasteiger charge is -2.28. The van der Waals surface area contributed by atoms with Crippen LogP contribution >= 0.6 is 23.6 Å². The summed E-state index contributed by atoms with van der Waals surface area (Å²) in [6.07, 6.45) is 9.46. The number of nitrogens with zero attached hydrogens (tertiary/aromatic N) is 2. The van der Waals surface area contributed by atoms with Gasteiger partial charge in [0.25, 0.3) is 5.19 Å². The van der Waals surface area contributed by atoms with Crippen LogP contribution in [-0.4, -0.2) is 58.3 Å². The van der Waals surface area contributed by atoms with E-state index in [2.05, 4.69) is 17.1 Å². The van der Waals surface area contributed by atoms with Crippen LogP contribution in [0.4, 0.5) is 0 Å². The molecule has 208 valence electrons. The number of Topliss-reactive ketones (excluding diaryl/α,β-unsaturated/α-hetero) is 1. The third-order valence-corrected chi connectivity index (χ3v) is 9.36. The van der Waals surface area contributed by atoms with E-state index in [4.69, 9.17) is 27.4 Å². The lowest BCUT2D eigenvalue weighted by atomic mass is 9.91. The first-order valence-corrected chi connectivity index (χ1v) is 14.9. The van der Waals surface area contributed by atoms with Crippen LogP contribution in [0.1, 0.15) is 57.8 Å². The summed E-state index contributed by atoms with van der Waals surface area (Å²) in [5.74, 6) is -1.03. The summed E-state index contributed by atoms with van der Waals surface area (Å²) in [5.41, 5.74) is 5.88. The Morgan fingerprint density at radius 2 is 2.08 bits per heavy atom. The van der Waals surface area contributed by atoms with Crippen LogP contribution in [0.25, 0.3) is 10.2 Å². The molecular formula is C29H35N3O5S2. The molecule has 5 rings (SSSR count). The Morgan fingerprint density at radius 1 is 1.26 bits per heavy atom. The zero-order valence-electron chi connectivity index (χ0n) is 22.2. The molecule has 8 nitrogen and oxygen atoms in total. The van der Waals surface area contributed by atoms with E-state index in [-0.39, 0.29) is 42.5 Å². The third-order valence-electron chi connectivity index (χ3n) is 8.26. The normalized spacial score (nSPS) is 30.5. The first kappa shape index (κ1) is 27.7. The number of nitrogens with two attached hydrogens (primary N) is 1. The molecule has 0 bridgehead atoms. The molecule has 2 aromatic rings. The Hall–Kier alpha value is -2.85. The molecule has 3 heterocycles. The smallest absolute Gasteiger partial charge is 0.312 e. The highest BCUT2D eigenvalue weighted by Crippen LogP contribution is 2.57. The van der Waals surface area contributed by atoms with E-state index < -0.39 is 17.6 Å². The van der Waals surface area contributed by atoms with Crippen LogP contribution in [0.5, 0.6) is 5.19 Å². The minimum atomic E-state index is -0.860. The van der Waals surface area contributed by atoms with Gasteiger partial charge in [-0.15, -0.1) is 0 Å². The van der Waals surface area contributed by atoms with Crippen molar-refractivity contribution in [3.8, 4) is 5.19 Å². The van der Waals surface area contributed by atoms with Crippen molar-refractivity contribution in [3.05, 3.63) is 36.4 Å². The molecule has 0 radical (unpaired) electrons. The van der Waals surface area contributed by atoms with Gasteiger partial charge in [0.15, 0.2) is 5.78 Å². The lowest BCUT2D eigenvalue weighted by Crippen LogP contribution is -2.45. The molecule has 0 unspecified atom stereocenters. The number of hydrogen-bond acceptors (Lipinski definition) is 8. The van der Waals surface area contributed by atoms with Crippen LogP contribution in [0, 0.1) is 17.3 Å². The van der Waals surface area contributed by atoms with Crippen LogP contribution in [0.2, 0.25) is 0 Å². The number of esters is 1. The SMILES string of the molecule is COC(=O)[C@]12CC(=O)[C@@H]3C[C@@H](Oc4nc5ccccc5s4)CN3C(=O)[C@@H](CC(N)=S)CCCCC/C=C\[C@@H]1C2. The first-order valence-electron chi connectivity index (χ1n) is 13.7. The number of benzene rings is 1. The molecule has 0 spiro atoms. The Bertz CT molecular complexity index is 1260. The van der Waals surface area contributed by atoms with Crippen molar-refractivity contribution in [2.75, 3.05) is 13.7 Å². The monoisotopic (exact) mass is 569 g/mol. The van der Waals surface area contributed by atoms with Gasteiger partial charge in [0.2, 0.25) is 5.91 Å². The molecule has 2 N–H and O–H groups in total. The van der Waals surface area contributed by atoms with Gasteiger partial charge in [0.1, 0.15) is 6.10 Å². The number of fused-ring (bicyclic) bond motifs is 3. The maximum atomic E-state index is 13.9. The number of carbonyl (C=O) groups excluding carboxylic acids is 3. The van der Waals surface area contributed by atoms with Crippen molar-refractivity contribution in [1.29, 1.82) is 0 Å². The zero-order chi connectivity index (χ0) is 27.6. The molecule has 1 saturated carbocycles. The van der Waals surface area contributed by atoms with Gasteiger partial charge in [-0.3, -0.25) is 14.4 Å². The molecule has 1 aliphatic carbocycles. The van der Waals surface area contributed by atoms with Crippen LogP contribution < -0.4 is 10.5 Å². The molecule has 1 saturated heterocycles. The summed E-state index contributed by atoms with van der Waals surface area (Å²) in [6.45, 7) is 0.271. The molecule has 3 aliphatic rings. The fraction of sp³-hybridized carbons (Fsp3) is 0.552. The first-order chi connectivity index (χ1) is 18.8. The molecule has 2 fully saturated rings. The molecule has 1 aromatic heterocycles. The maximum absolute atomic E-state index is 13.9. The van der Waals surface area contributed by atoms with Gasteiger partial charge in [-0.25, -0.2) is 4.98 Å². The van der Waals surface area contributed by atoms with Gasteiger partial charge in [-0.1, -0.05) is 60.7 Å². The number of aromatic nitrogens is 1. The van der Waals surface area contributed by atoms with Gasteiger partial charge in [-0.05, 0) is 43.7 Å². The van der Waals surface area contributed by atoms with E-state index in [9.17, 15) is 14.4 Å². The second-order valence-corrected chi connectivity index (χ2v) is 12.5. The highest BCUT2D eigenvalue weighted by atomic mass is 32.1. The number of thiocarbonyl (C=S) groups is 1. The van der Waals surface area contributed by atoms with Gasteiger partial charge in [0.05, 0.1) is 40.3 Å². The average Bonchev–Trinajstić information content (AvgIpc) is 3.22. The number of methoxy groups -OCH3 is 1. The molecule has 10 heteroatoms. The predicted octanol–water partition coefficient (Wildman–Crippen LogP) is 4.60. The number of thiazole rings is 1. The minimum Gasteiger partial charge on any atom is -0.469 e. The van der Waals surface area contributed by atoms with Crippen molar-refractivity contribution in [3.63, 3.8) is 0 Å². The van der Waals surface area contributed by atoms with E-state index in [1.54, 1.807) is 4.90 Å². The fourth-order valence-corrected chi connectivity index (χ4v) is 7.17. The number of ketones is 1. The van der Waals surface area contributed by atoms with Gasteiger partial charge in [-0.2, -0.15) is 0 Å². The van der Waals surface area contributed by atoms with E-state index in [1.165, 1.54) is 18.4 Å². The van der Waals surface area contributed by atoms with Crippen LogP contribution in [0.15, 0.2) is 36.4 Å². The number of para-hydroxylation sites is 1. The molecule has 39 heavy (non-hydrogen) atoms. The number of carbonyl (C=O) groups is 3. The molecular weight excluding hydrogens is 534 g/mol. The largest absolute Gasteiger partial charge is 0.469 e. The second-order valence-electron chi connectivity index (χ2n) is 11.0. The van der Waals surface area contributed by atoms with E-state index in [1.807, 2.05) is 24.3 Å². The van der Waals surface area contributed by atoms with Crippen LogP contribution in [-0.2, 0) is 19.1 Å². The van der Waals surface area contributed by atoms with E-state index in [0.717, 1.165) is 35.9 Å². The number of allylic oxidation sites excluding steroid dienone is 2. The second kappa shape index (κ2) is 11.7. The van der Waals surface area contributed by atoms with Crippen molar-refractivity contribution in [1.82, 2.24) is 9.88 Å². The van der Waals surface area contributed by atoms with Crippen molar-refractivity contribution < 1.29 is 23.9 Å². The summed E-state index contributed by atoms with van der Waals surface area (Å²) >= 11 is 6.63. The highest BCUT2D eigenvalue weighted by Gasteiger charge is 2.61. The predicted molar refractivity (Wildman–Crippen MR) is 153 cm³/mol. The molecule has 2 aliphatic heterocycles. The van der Waals surface area contributed by atoms with Gasteiger partial charge in [0, 0.05) is 25.2 Å². The summed E-state index contributed by atoms with van der Waals surface area (Å²) in [7, 11) is 1.36. The summed E-state index contributed by atoms with van der Waals surface area (Å²) in [4.78, 5) is 47.2. The summed E-state index contributed by atoms with van der Waals surface area (Å²) in [5, 5.41) is 0.516. The van der Waals surface area contributed by atoms with E-state index in [0.29, 0.717) is 35.9 Å². The number of hydrogen-bond donors (Lipinski definition) is 1. The quantitative estimate of drug-likeness (QED) is 0.316. The average molecular weight is 570 g/mol. The minimum absolute atomic E-state index is 0.0262. The van der Waals surface area contributed by atoms with E-state index >= 15 is 0 Å². The maximum Gasteiger partial charge on any atom is 0.312 e. The Morgan fingerprint density at radius 3 is 2.85 bits per heavy atom. The number of ether oxygens (including phenoxy) is 2. The Balaban J connectivity index is 1.42. The zero-order valence-corrected chi connectivity index (χ0v) is 23.8. The summed E-state index contributed by atoms with van der Waals surface area (Å²) in [6, 6.07) is 7.10.